The van der Waals surface area contributed by atoms with E-state index in [0.717, 1.165) is 10.4 Å². The van der Waals surface area contributed by atoms with Crippen molar-refractivity contribution >= 4 is 27.3 Å². The van der Waals surface area contributed by atoms with Crippen LogP contribution in [0, 0.1) is 6.92 Å². The van der Waals surface area contributed by atoms with Gasteiger partial charge in [-0.1, -0.05) is 23.8 Å². The summed E-state index contributed by atoms with van der Waals surface area (Å²) in [6, 6.07) is 10.5. The lowest BCUT2D eigenvalue weighted by atomic mass is 10.2. The minimum atomic E-state index is -3.78. The molecule has 0 aliphatic rings. The number of rotatable bonds is 7. The van der Waals surface area contributed by atoms with Crippen LogP contribution in [0.15, 0.2) is 46.7 Å². The molecule has 0 saturated carbocycles. The summed E-state index contributed by atoms with van der Waals surface area (Å²) >= 11 is 1.56. The molecule has 0 bridgehead atoms. The van der Waals surface area contributed by atoms with Crippen molar-refractivity contribution in [1.29, 1.82) is 0 Å². The molecule has 7 heteroatoms. The molecule has 0 unspecified atom stereocenters. The third-order valence-electron chi connectivity index (χ3n) is 3.57. The number of hydrogen-bond acceptors (Lipinski definition) is 5. The maximum Gasteiger partial charge on any atom is 0.321 e. The molecule has 0 aliphatic heterocycles. The van der Waals surface area contributed by atoms with Crippen molar-refractivity contribution in [3.63, 3.8) is 0 Å². The number of hydrogen-bond donors (Lipinski definition) is 0. The standard InChI is InChI=1S/C19H25NO4S2/c1-15-7-9-17(10-8-15)26(22,23)20(12-11-16-6-5-13-25-16)14-18(21)24-19(2,3)4/h5-10,13H,11-12,14H2,1-4H3. The van der Waals surface area contributed by atoms with Crippen LogP contribution in [0.3, 0.4) is 0 Å². The number of benzene rings is 1. The molecule has 2 rings (SSSR count). The Morgan fingerprint density at radius 2 is 1.81 bits per heavy atom. The Bertz CT molecular complexity index is 819. The lowest BCUT2D eigenvalue weighted by molar-refractivity contribution is -0.154. The molecule has 0 aliphatic carbocycles. The van der Waals surface area contributed by atoms with Crippen molar-refractivity contribution in [2.45, 2.75) is 44.6 Å². The Balaban J connectivity index is 2.23. The summed E-state index contributed by atoms with van der Waals surface area (Å²) in [5, 5.41) is 1.95. The number of ether oxygens (including phenoxy) is 1. The number of aryl methyl sites for hydroxylation is 1. The minimum absolute atomic E-state index is 0.179. The Hall–Kier alpha value is -1.70. The number of sulfonamides is 1. The normalized spacial score (nSPS) is 12.3. The first-order chi connectivity index (χ1) is 12.1. The maximum absolute atomic E-state index is 13.0. The molecule has 5 nitrogen and oxygen atoms in total. The highest BCUT2D eigenvalue weighted by atomic mass is 32.2. The van der Waals surface area contributed by atoms with Crippen LogP contribution in [-0.2, 0) is 26.0 Å². The Morgan fingerprint density at radius 3 is 2.35 bits per heavy atom. The van der Waals surface area contributed by atoms with Gasteiger partial charge in [0.1, 0.15) is 12.1 Å². The first-order valence-electron chi connectivity index (χ1n) is 8.39. The number of thiophene rings is 1. The fraction of sp³-hybridized carbons (Fsp3) is 0.421. The van der Waals surface area contributed by atoms with Crippen LogP contribution in [0.1, 0.15) is 31.2 Å². The van der Waals surface area contributed by atoms with Gasteiger partial charge in [-0.2, -0.15) is 4.31 Å². The van der Waals surface area contributed by atoms with E-state index in [4.69, 9.17) is 4.74 Å². The van der Waals surface area contributed by atoms with Crippen molar-refractivity contribution in [2.75, 3.05) is 13.1 Å². The highest BCUT2D eigenvalue weighted by Gasteiger charge is 2.28. The van der Waals surface area contributed by atoms with Gasteiger partial charge in [0.2, 0.25) is 10.0 Å². The van der Waals surface area contributed by atoms with Gasteiger partial charge >= 0.3 is 5.97 Å². The van der Waals surface area contributed by atoms with Gasteiger partial charge in [-0.25, -0.2) is 8.42 Å². The number of carbonyl (C=O) groups excluding carboxylic acids is 1. The molecule has 1 aromatic carbocycles. The summed E-state index contributed by atoms with van der Waals surface area (Å²) in [6.45, 7) is 7.08. The SMILES string of the molecule is Cc1ccc(S(=O)(=O)N(CCc2cccs2)CC(=O)OC(C)(C)C)cc1. The fourth-order valence-electron chi connectivity index (χ4n) is 2.35. The van der Waals surface area contributed by atoms with Crippen LogP contribution >= 0.6 is 11.3 Å². The van der Waals surface area contributed by atoms with Crippen LogP contribution < -0.4 is 0 Å². The zero-order valence-electron chi connectivity index (χ0n) is 15.6. The monoisotopic (exact) mass is 395 g/mol. The average molecular weight is 396 g/mol. The summed E-state index contributed by atoms with van der Waals surface area (Å²) in [6.07, 6.45) is 0.547. The molecule has 142 valence electrons. The third kappa shape index (κ3) is 5.93. The van der Waals surface area contributed by atoms with Crippen LogP contribution in [0.2, 0.25) is 0 Å². The molecule has 26 heavy (non-hydrogen) atoms. The van der Waals surface area contributed by atoms with E-state index in [9.17, 15) is 13.2 Å². The van der Waals surface area contributed by atoms with Gasteiger partial charge < -0.3 is 4.74 Å². The Morgan fingerprint density at radius 1 is 1.15 bits per heavy atom. The van der Waals surface area contributed by atoms with E-state index in [1.165, 1.54) is 4.31 Å². The van der Waals surface area contributed by atoms with Gasteiger partial charge in [-0.15, -0.1) is 11.3 Å². The largest absolute Gasteiger partial charge is 0.459 e. The summed E-state index contributed by atoms with van der Waals surface area (Å²) < 4.78 is 32.6. The molecule has 0 fully saturated rings. The summed E-state index contributed by atoms with van der Waals surface area (Å²) in [5.74, 6) is -0.556. The van der Waals surface area contributed by atoms with Crippen LogP contribution in [0.25, 0.3) is 0 Å². The maximum atomic E-state index is 13.0. The molecule has 0 radical (unpaired) electrons. The van der Waals surface area contributed by atoms with Crippen molar-refractivity contribution in [3.8, 4) is 0 Å². The average Bonchev–Trinajstić information content (AvgIpc) is 3.03. The lowest BCUT2D eigenvalue weighted by Gasteiger charge is -2.24. The lowest BCUT2D eigenvalue weighted by Crippen LogP contribution is -2.39. The van der Waals surface area contributed by atoms with Gasteiger partial charge in [0, 0.05) is 11.4 Å². The van der Waals surface area contributed by atoms with Gasteiger partial charge in [0.05, 0.1) is 4.90 Å². The quantitative estimate of drug-likeness (QED) is 0.672. The van der Waals surface area contributed by atoms with E-state index in [1.54, 1.807) is 56.4 Å². The molecular weight excluding hydrogens is 370 g/mol. The minimum Gasteiger partial charge on any atom is -0.459 e. The highest BCUT2D eigenvalue weighted by molar-refractivity contribution is 7.89. The molecule has 0 atom stereocenters. The van der Waals surface area contributed by atoms with Crippen molar-refractivity contribution in [3.05, 3.63) is 52.2 Å². The second-order valence-electron chi connectivity index (χ2n) is 7.07. The summed E-state index contributed by atoms with van der Waals surface area (Å²) in [5.41, 5.74) is 0.311. The molecule has 0 N–H and O–H groups in total. The van der Waals surface area contributed by atoms with Crippen LogP contribution in [0.4, 0.5) is 0 Å². The molecular formula is C19H25NO4S2. The third-order valence-corrected chi connectivity index (χ3v) is 6.37. The number of nitrogens with zero attached hydrogens (tertiary/aromatic N) is 1. The molecule has 1 aromatic heterocycles. The predicted molar refractivity (Wildman–Crippen MR) is 104 cm³/mol. The zero-order chi connectivity index (χ0) is 19.4. The van der Waals surface area contributed by atoms with E-state index in [0.29, 0.717) is 6.42 Å². The Labute approximate surface area is 159 Å². The zero-order valence-corrected chi connectivity index (χ0v) is 17.2. The van der Waals surface area contributed by atoms with E-state index in [-0.39, 0.29) is 18.0 Å². The Kier molecular flexibility index (Phi) is 6.60. The van der Waals surface area contributed by atoms with Crippen molar-refractivity contribution in [2.24, 2.45) is 0 Å². The van der Waals surface area contributed by atoms with E-state index in [2.05, 4.69) is 0 Å². The highest BCUT2D eigenvalue weighted by Crippen LogP contribution is 2.19. The van der Waals surface area contributed by atoms with Gasteiger partial charge in [-0.05, 0) is 57.7 Å². The summed E-state index contributed by atoms with van der Waals surface area (Å²) in [7, 11) is -3.78. The predicted octanol–water partition coefficient (Wildman–Crippen LogP) is 3.63. The van der Waals surface area contributed by atoms with E-state index >= 15 is 0 Å². The van der Waals surface area contributed by atoms with Crippen LogP contribution in [0.5, 0.6) is 0 Å². The fourth-order valence-corrected chi connectivity index (χ4v) is 4.43. The first-order valence-corrected chi connectivity index (χ1v) is 10.7. The molecule has 2 aromatic rings. The van der Waals surface area contributed by atoms with Crippen molar-refractivity contribution in [1.82, 2.24) is 4.31 Å². The number of esters is 1. The first kappa shape index (κ1) is 20.6. The smallest absolute Gasteiger partial charge is 0.321 e. The molecule has 0 amide bonds. The summed E-state index contributed by atoms with van der Waals surface area (Å²) in [4.78, 5) is 13.5. The second-order valence-corrected chi connectivity index (χ2v) is 10.0. The number of carbonyl (C=O) groups is 1. The molecule has 0 saturated heterocycles. The van der Waals surface area contributed by atoms with E-state index < -0.39 is 21.6 Å². The van der Waals surface area contributed by atoms with Crippen molar-refractivity contribution < 1.29 is 17.9 Å². The molecule has 0 spiro atoms. The van der Waals surface area contributed by atoms with Gasteiger partial charge in [-0.3, -0.25) is 4.79 Å². The molecule has 1 heterocycles. The van der Waals surface area contributed by atoms with Gasteiger partial charge in [0.25, 0.3) is 0 Å². The second kappa shape index (κ2) is 8.33. The van der Waals surface area contributed by atoms with E-state index in [1.807, 2.05) is 24.4 Å². The van der Waals surface area contributed by atoms with Gasteiger partial charge in [0.15, 0.2) is 0 Å². The topological polar surface area (TPSA) is 63.7 Å². The van der Waals surface area contributed by atoms with Crippen LogP contribution in [-0.4, -0.2) is 37.4 Å².